The second-order valence-corrected chi connectivity index (χ2v) is 7.64. The molecule has 1 N–H and O–H groups in total. The fraction of sp³-hybridized carbons (Fsp3) is 0.458. The second-order valence-electron chi connectivity index (χ2n) is 7.64. The summed E-state index contributed by atoms with van der Waals surface area (Å²) < 4.78 is 10.6. The minimum Gasteiger partial charge on any atom is -0.383 e. The molecule has 0 unspecified atom stereocenters. The van der Waals surface area contributed by atoms with Gasteiger partial charge in [0.05, 0.1) is 25.9 Å². The number of amides is 1. The summed E-state index contributed by atoms with van der Waals surface area (Å²) in [5.41, 5.74) is 3.53. The number of hydrogen-bond donors (Lipinski definition) is 1. The first kappa shape index (κ1) is 22.3. The summed E-state index contributed by atoms with van der Waals surface area (Å²) in [5.74, 6) is 0.0841. The Morgan fingerprint density at radius 2 is 1.80 bits per heavy atom. The lowest BCUT2D eigenvalue weighted by Crippen LogP contribution is -2.46. The topological polar surface area (TPSA) is 54.0 Å². The number of carbonyl (C=O) groups excluding carboxylic acids is 1. The van der Waals surface area contributed by atoms with Crippen LogP contribution in [0.1, 0.15) is 11.1 Å². The van der Waals surface area contributed by atoms with E-state index in [9.17, 15) is 4.79 Å². The highest BCUT2D eigenvalue weighted by Gasteiger charge is 2.22. The Labute approximate surface area is 179 Å². The van der Waals surface area contributed by atoms with Crippen molar-refractivity contribution in [2.75, 3.05) is 58.5 Å². The monoisotopic (exact) mass is 411 g/mol. The summed E-state index contributed by atoms with van der Waals surface area (Å²) in [6, 6.07) is 18.4. The van der Waals surface area contributed by atoms with E-state index in [1.807, 2.05) is 25.2 Å². The quantitative estimate of drug-likeness (QED) is 0.650. The van der Waals surface area contributed by atoms with Gasteiger partial charge in [-0.15, -0.1) is 0 Å². The van der Waals surface area contributed by atoms with E-state index in [0.29, 0.717) is 26.1 Å². The number of anilines is 1. The van der Waals surface area contributed by atoms with Gasteiger partial charge in [0.1, 0.15) is 0 Å². The van der Waals surface area contributed by atoms with Crippen molar-refractivity contribution >= 4 is 11.6 Å². The van der Waals surface area contributed by atoms with Crippen LogP contribution in [-0.4, -0.2) is 70.5 Å². The zero-order chi connectivity index (χ0) is 21.2. The standard InChI is InChI=1S/C24H33N3O3/c1-26(12-15-29-2)24(28)23(18-20-6-4-3-5-7-20)25-19-21-8-10-22(11-9-21)27-13-16-30-17-14-27/h3-11,23,25H,12-19H2,1-2H3/t23-/m0/s1. The lowest BCUT2D eigenvalue weighted by molar-refractivity contribution is -0.132. The first-order valence-corrected chi connectivity index (χ1v) is 10.6. The highest BCUT2D eigenvalue weighted by Crippen LogP contribution is 2.17. The molecule has 0 saturated carbocycles. The predicted octanol–water partition coefficient (Wildman–Crippen LogP) is 2.33. The van der Waals surface area contributed by atoms with E-state index in [0.717, 1.165) is 37.4 Å². The fourth-order valence-corrected chi connectivity index (χ4v) is 3.59. The van der Waals surface area contributed by atoms with Gasteiger partial charge in [0.2, 0.25) is 5.91 Å². The van der Waals surface area contributed by atoms with Gasteiger partial charge < -0.3 is 24.6 Å². The van der Waals surface area contributed by atoms with Gasteiger partial charge in [-0.05, 0) is 29.7 Å². The Morgan fingerprint density at radius 1 is 1.10 bits per heavy atom. The van der Waals surface area contributed by atoms with Crippen LogP contribution in [0.25, 0.3) is 0 Å². The van der Waals surface area contributed by atoms with Crippen LogP contribution < -0.4 is 10.2 Å². The van der Waals surface area contributed by atoms with Crippen LogP contribution in [0.4, 0.5) is 5.69 Å². The molecule has 1 atom stereocenters. The number of rotatable bonds is 10. The van der Waals surface area contributed by atoms with Gasteiger partial charge in [0.15, 0.2) is 0 Å². The molecule has 1 aliphatic rings. The zero-order valence-corrected chi connectivity index (χ0v) is 18.0. The van der Waals surface area contributed by atoms with Crippen molar-refractivity contribution in [3.63, 3.8) is 0 Å². The lowest BCUT2D eigenvalue weighted by Gasteiger charge is -2.29. The SMILES string of the molecule is COCCN(C)C(=O)[C@H](Cc1ccccc1)NCc1ccc(N2CCOCC2)cc1. The van der Waals surface area contributed by atoms with Crippen molar-refractivity contribution in [1.29, 1.82) is 0 Å². The average Bonchev–Trinajstić information content (AvgIpc) is 2.81. The highest BCUT2D eigenvalue weighted by atomic mass is 16.5. The molecule has 1 heterocycles. The minimum absolute atomic E-state index is 0.0841. The van der Waals surface area contributed by atoms with Crippen LogP contribution in [0, 0.1) is 0 Å². The molecule has 0 aliphatic carbocycles. The highest BCUT2D eigenvalue weighted by molar-refractivity contribution is 5.82. The molecule has 2 aromatic carbocycles. The third-order valence-corrected chi connectivity index (χ3v) is 5.45. The van der Waals surface area contributed by atoms with E-state index in [2.05, 4.69) is 46.6 Å². The van der Waals surface area contributed by atoms with E-state index in [1.54, 1.807) is 12.0 Å². The smallest absolute Gasteiger partial charge is 0.239 e. The molecule has 1 aliphatic heterocycles. The zero-order valence-electron chi connectivity index (χ0n) is 18.0. The summed E-state index contributed by atoms with van der Waals surface area (Å²) in [4.78, 5) is 17.1. The molecule has 0 spiro atoms. The summed E-state index contributed by atoms with van der Waals surface area (Å²) in [6.07, 6.45) is 0.656. The van der Waals surface area contributed by atoms with Crippen LogP contribution in [0.2, 0.25) is 0 Å². The number of ether oxygens (including phenoxy) is 2. The molecule has 1 amide bonds. The number of nitrogens with one attached hydrogen (secondary N) is 1. The van der Waals surface area contributed by atoms with Gasteiger partial charge in [-0.1, -0.05) is 42.5 Å². The molecule has 1 saturated heterocycles. The van der Waals surface area contributed by atoms with Gasteiger partial charge in [-0.3, -0.25) is 4.79 Å². The number of likely N-dealkylation sites (N-methyl/N-ethyl adjacent to an activating group) is 1. The summed E-state index contributed by atoms with van der Waals surface area (Å²) in [5, 5.41) is 3.48. The van der Waals surface area contributed by atoms with Crippen LogP contribution in [0.3, 0.4) is 0 Å². The maximum Gasteiger partial charge on any atom is 0.239 e. The van der Waals surface area contributed by atoms with E-state index in [-0.39, 0.29) is 11.9 Å². The lowest BCUT2D eigenvalue weighted by atomic mass is 10.0. The maximum atomic E-state index is 13.0. The number of carbonyl (C=O) groups is 1. The molecule has 6 nitrogen and oxygen atoms in total. The Kier molecular flexibility index (Phi) is 8.68. The van der Waals surface area contributed by atoms with E-state index in [1.165, 1.54) is 5.69 Å². The Bertz CT molecular complexity index is 761. The van der Waals surface area contributed by atoms with Crippen molar-refractivity contribution in [2.24, 2.45) is 0 Å². The van der Waals surface area contributed by atoms with Crippen LogP contribution in [0.5, 0.6) is 0 Å². The molecular weight excluding hydrogens is 378 g/mol. The molecule has 0 bridgehead atoms. The van der Waals surface area contributed by atoms with Crippen molar-refractivity contribution < 1.29 is 14.3 Å². The van der Waals surface area contributed by atoms with E-state index < -0.39 is 0 Å². The third-order valence-electron chi connectivity index (χ3n) is 5.45. The normalized spacial score (nSPS) is 15.1. The molecule has 30 heavy (non-hydrogen) atoms. The van der Waals surface area contributed by atoms with Crippen molar-refractivity contribution in [2.45, 2.75) is 19.0 Å². The first-order valence-electron chi connectivity index (χ1n) is 10.6. The van der Waals surface area contributed by atoms with Crippen LogP contribution in [-0.2, 0) is 27.2 Å². The molecule has 0 aromatic heterocycles. The summed E-state index contributed by atoms with van der Waals surface area (Å²) in [7, 11) is 3.48. The van der Waals surface area contributed by atoms with Crippen molar-refractivity contribution in [1.82, 2.24) is 10.2 Å². The van der Waals surface area contributed by atoms with Gasteiger partial charge in [-0.2, -0.15) is 0 Å². The summed E-state index contributed by atoms with van der Waals surface area (Å²) in [6.45, 7) is 5.18. The minimum atomic E-state index is -0.284. The number of hydrogen-bond acceptors (Lipinski definition) is 5. The number of nitrogens with zero attached hydrogens (tertiary/aromatic N) is 2. The molecule has 0 radical (unpaired) electrons. The van der Waals surface area contributed by atoms with Crippen LogP contribution >= 0.6 is 0 Å². The maximum absolute atomic E-state index is 13.0. The average molecular weight is 412 g/mol. The number of methoxy groups -OCH3 is 1. The van der Waals surface area contributed by atoms with Crippen LogP contribution in [0.15, 0.2) is 54.6 Å². The second kappa shape index (κ2) is 11.7. The number of morpholine rings is 1. The van der Waals surface area contributed by atoms with Gasteiger partial charge in [0, 0.05) is 46.0 Å². The van der Waals surface area contributed by atoms with Gasteiger partial charge >= 0.3 is 0 Å². The van der Waals surface area contributed by atoms with E-state index in [4.69, 9.17) is 9.47 Å². The largest absolute Gasteiger partial charge is 0.383 e. The van der Waals surface area contributed by atoms with E-state index >= 15 is 0 Å². The number of benzene rings is 2. The molecule has 162 valence electrons. The summed E-state index contributed by atoms with van der Waals surface area (Å²) >= 11 is 0. The fourth-order valence-electron chi connectivity index (χ4n) is 3.59. The first-order chi connectivity index (χ1) is 14.7. The van der Waals surface area contributed by atoms with Crippen molar-refractivity contribution in [3.05, 3.63) is 65.7 Å². The van der Waals surface area contributed by atoms with Gasteiger partial charge in [0.25, 0.3) is 0 Å². The molecule has 3 rings (SSSR count). The molecule has 1 fully saturated rings. The Morgan fingerprint density at radius 3 is 2.47 bits per heavy atom. The Balaban J connectivity index is 1.62. The Hall–Kier alpha value is -2.41. The molecular formula is C24H33N3O3. The van der Waals surface area contributed by atoms with Crippen molar-refractivity contribution in [3.8, 4) is 0 Å². The third kappa shape index (κ3) is 6.55. The molecule has 2 aromatic rings. The predicted molar refractivity (Wildman–Crippen MR) is 120 cm³/mol. The molecule has 6 heteroatoms. The van der Waals surface area contributed by atoms with Gasteiger partial charge in [-0.25, -0.2) is 0 Å².